The lowest BCUT2D eigenvalue weighted by Gasteiger charge is -2.08. The minimum absolute atomic E-state index is 0.0208. The zero-order valence-corrected chi connectivity index (χ0v) is 17.4. The standard InChI is InChI=1S/C23H37NO3/c1-4-6-7-8-9-10-11-12-19(5-2)18-23(26)24-16-15-20-13-14-22(27-3)21(25)17-20/h13-14,17-18,25H,4-12,15-16H2,1-3H3,(H,24,26)/b19-18-. The Morgan fingerprint density at radius 1 is 1.11 bits per heavy atom. The SMILES string of the molecule is CCCCCCCCC/C(=C\C(=O)NCCc1ccc(OC)c(O)c1)CC. The molecule has 1 amide bonds. The Labute approximate surface area is 165 Å². The van der Waals surface area contributed by atoms with Crippen molar-refractivity contribution in [3.63, 3.8) is 0 Å². The van der Waals surface area contributed by atoms with Crippen LogP contribution in [0.25, 0.3) is 0 Å². The highest BCUT2D eigenvalue weighted by Gasteiger charge is 2.04. The second-order valence-corrected chi connectivity index (χ2v) is 7.07. The largest absolute Gasteiger partial charge is 0.504 e. The van der Waals surface area contributed by atoms with Gasteiger partial charge in [-0.1, -0.05) is 64.0 Å². The van der Waals surface area contributed by atoms with Crippen molar-refractivity contribution in [3.8, 4) is 11.5 Å². The number of hydrogen-bond acceptors (Lipinski definition) is 3. The second kappa shape index (κ2) is 14.1. The van der Waals surface area contributed by atoms with E-state index in [4.69, 9.17) is 4.74 Å². The van der Waals surface area contributed by atoms with Crippen molar-refractivity contribution in [1.29, 1.82) is 0 Å². The molecule has 0 aliphatic rings. The molecule has 4 nitrogen and oxygen atoms in total. The smallest absolute Gasteiger partial charge is 0.243 e. The summed E-state index contributed by atoms with van der Waals surface area (Å²) < 4.78 is 5.04. The van der Waals surface area contributed by atoms with E-state index in [2.05, 4.69) is 19.2 Å². The molecule has 0 atom stereocenters. The molecule has 1 aromatic rings. The number of methoxy groups -OCH3 is 1. The van der Waals surface area contributed by atoms with E-state index in [1.54, 1.807) is 18.2 Å². The van der Waals surface area contributed by atoms with Gasteiger partial charge in [-0.2, -0.15) is 0 Å². The summed E-state index contributed by atoms with van der Waals surface area (Å²) in [7, 11) is 1.53. The third kappa shape index (κ3) is 10.1. The van der Waals surface area contributed by atoms with Gasteiger partial charge >= 0.3 is 0 Å². The van der Waals surface area contributed by atoms with Crippen molar-refractivity contribution in [1.82, 2.24) is 5.32 Å². The third-order valence-corrected chi connectivity index (χ3v) is 4.85. The average molecular weight is 376 g/mol. The molecule has 0 saturated carbocycles. The predicted octanol–water partition coefficient (Wildman–Crippen LogP) is 5.54. The van der Waals surface area contributed by atoms with E-state index in [1.807, 2.05) is 6.07 Å². The quantitative estimate of drug-likeness (QED) is 0.332. The number of hydrogen-bond donors (Lipinski definition) is 2. The number of allylic oxidation sites excluding steroid dienone is 1. The molecule has 1 aromatic carbocycles. The van der Waals surface area contributed by atoms with E-state index in [-0.39, 0.29) is 11.7 Å². The van der Waals surface area contributed by atoms with E-state index in [9.17, 15) is 9.90 Å². The van der Waals surface area contributed by atoms with Gasteiger partial charge in [-0.3, -0.25) is 4.79 Å². The first-order chi connectivity index (χ1) is 13.1. The van der Waals surface area contributed by atoms with Crippen molar-refractivity contribution in [2.24, 2.45) is 0 Å². The summed E-state index contributed by atoms with van der Waals surface area (Å²) in [4.78, 5) is 12.1. The Kier molecular flexibility index (Phi) is 12.1. The molecule has 0 aliphatic carbocycles. The Morgan fingerprint density at radius 3 is 2.44 bits per heavy atom. The minimum Gasteiger partial charge on any atom is -0.504 e. The zero-order valence-electron chi connectivity index (χ0n) is 17.4. The number of phenolic OH excluding ortho intramolecular Hbond substituents is 1. The molecule has 0 saturated heterocycles. The molecule has 0 aromatic heterocycles. The first kappa shape index (κ1) is 23.1. The van der Waals surface area contributed by atoms with Gasteiger partial charge in [0.15, 0.2) is 11.5 Å². The first-order valence-electron chi connectivity index (χ1n) is 10.4. The third-order valence-electron chi connectivity index (χ3n) is 4.85. The Morgan fingerprint density at radius 2 is 1.81 bits per heavy atom. The summed E-state index contributed by atoms with van der Waals surface area (Å²) >= 11 is 0. The lowest BCUT2D eigenvalue weighted by atomic mass is 10.0. The van der Waals surface area contributed by atoms with Crippen LogP contribution in [0.5, 0.6) is 11.5 Å². The molecule has 0 radical (unpaired) electrons. The van der Waals surface area contributed by atoms with Gasteiger partial charge in [0.2, 0.25) is 5.91 Å². The number of aromatic hydroxyl groups is 1. The van der Waals surface area contributed by atoms with Crippen LogP contribution >= 0.6 is 0 Å². The van der Waals surface area contributed by atoms with Crippen LogP contribution in [0.3, 0.4) is 0 Å². The molecule has 4 heteroatoms. The maximum absolute atomic E-state index is 12.1. The molecule has 0 fully saturated rings. The van der Waals surface area contributed by atoms with E-state index >= 15 is 0 Å². The zero-order chi connectivity index (χ0) is 19.9. The Hall–Kier alpha value is -1.97. The molecule has 0 bridgehead atoms. The van der Waals surface area contributed by atoms with Crippen molar-refractivity contribution >= 4 is 5.91 Å². The summed E-state index contributed by atoms with van der Waals surface area (Å²) in [6, 6.07) is 5.32. The van der Waals surface area contributed by atoms with Gasteiger partial charge in [-0.15, -0.1) is 0 Å². The molecule has 0 spiro atoms. The van der Waals surface area contributed by atoms with Crippen LogP contribution in [0.15, 0.2) is 29.8 Å². The maximum atomic E-state index is 12.1. The van der Waals surface area contributed by atoms with Gasteiger partial charge < -0.3 is 15.2 Å². The fourth-order valence-corrected chi connectivity index (χ4v) is 3.12. The van der Waals surface area contributed by atoms with E-state index < -0.39 is 0 Å². The number of phenols is 1. The average Bonchev–Trinajstić information content (AvgIpc) is 2.66. The number of ether oxygens (including phenoxy) is 1. The normalized spacial score (nSPS) is 11.4. The number of amides is 1. The lowest BCUT2D eigenvalue weighted by Crippen LogP contribution is -2.24. The summed E-state index contributed by atoms with van der Waals surface area (Å²) in [5.74, 6) is 0.570. The summed E-state index contributed by atoms with van der Waals surface area (Å²) in [6.45, 7) is 4.90. The van der Waals surface area contributed by atoms with Crippen molar-refractivity contribution in [2.45, 2.75) is 78.1 Å². The van der Waals surface area contributed by atoms with Crippen LogP contribution in [-0.4, -0.2) is 24.7 Å². The van der Waals surface area contributed by atoms with Gasteiger partial charge in [0.25, 0.3) is 0 Å². The highest BCUT2D eigenvalue weighted by molar-refractivity contribution is 5.88. The van der Waals surface area contributed by atoms with E-state index in [1.165, 1.54) is 57.6 Å². The van der Waals surface area contributed by atoms with Crippen LogP contribution in [-0.2, 0) is 11.2 Å². The number of carbonyl (C=O) groups excluding carboxylic acids is 1. The molecule has 1 rings (SSSR count). The van der Waals surface area contributed by atoms with Crippen LogP contribution in [0.2, 0.25) is 0 Å². The van der Waals surface area contributed by atoms with Gasteiger partial charge in [-0.25, -0.2) is 0 Å². The monoisotopic (exact) mass is 375 g/mol. The summed E-state index contributed by atoms with van der Waals surface area (Å²) in [6.07, 6.45) is 13.4. The lowest BCUT2D eigenvalue weighted by molar-refractivity contribution is -0.116. The minimum atomic E-state index is -0.0208. The summed E-state index contributed by atoms with van der Waals surface area (Å²) in [5, 5.41) is 12.7. The molecule has 27 heavy (non-hydrogen) atoms. The van der Waals surface area contributed by atoms with Crippen molar-refractivity contribution in [3.05, 3.63) is 35.4 Å². The Bertz CT molecular complexity index is 581. The fourth-order valence-electron chi connectivity index (χ4n) is 3.12. The van der Waals surface area contributed by atoms with Gasteiger partial charge in [0.05, 0.1) is 7.11 Å². The van der Waals surface area contributed by atoms with Gasteiger partial charge in [0, 0.05) is 12.6 Å². The highest BCUT2D eigenvalue weighted by Crippen LogP contribution is 2.26. The van der Waals surface area contributed by atoms with Crippen LogP contribution in [0.4, 0.5) is 0 Å². The van der Waals surface area contributed by atoms with Gasteiger partial charge in [-0.05, 0) is 43.4 Å². The van der Waals surface area contributed by atoms with Crippen molar-refractivity contribution in [2.75, 3.05) is 13.7 Å². The second-order valence-electron chi connectivity index (χ2n) is 7.07. The first-order valence-corrected chi connectivity index (χ1v) is 10.4. The number of nitrogens with one attached hydrogen (secondary N) is 1. The van der Waals surface area contributed by atoms with E-state index in [0.717, 1.165) is 18.4 Å². The molecule has 0 heterocycles. The summed E-state index contributed by atoms with van der Waals surface area (Å²) in [5.41, 5.74) is 2.19. The number of carbonyl (C=O) groups is 1. The molecule has 2 N–H and O–H groups in total. The number of rotatable bonds is 14. The molecule has 152 valence electrons. The molecular formula is C23H37NO3. The van der Waals surface area contributed by atoms with Crippen LogP contribution in [0.1, 0.15) is 77.2 Å². The molecule has 0 unspecified atom stereocenters. The fraction of sp³-hybridized carbons (Fsp3) is 0.609. The number of unbranched alkanes of at least 4 members (excludes halogenated alkanes) is 6. The van der Waals surface area contributed by atoms with Crippen LogP contribution in [0, 0.1) is 0 Å². The molecule has 0 aliphatic heterocycles. The highest BCUT2D eigenvalue weighted by atomic mass is 16.5. The van der Waals surface area contributed by atoms with Gasteiger partial charge in [0.1, 0.15) is 0 Å². The van der Waals surface area contributed by atoms with Crippen LogP contribution < -0.4 is 10.1 Å². The maximum Gasteiger partial charge on any atom is 0.243 e. The Balaban J connectivity index is 2.28. The topological polar surface area (TPSA) is 58.6 Å². The van der Waals surface area contributed by atoms with E-state index in [0.29, 0.717) is 18.7 Å². The van der Waals surface area contributed by atoms with Crippen molar-refractivity contribution < 1.29 is 14.6 Å². The molecular weight excluding hydrogens is 338 g/mol. The number of benzene rings is 1. The predicted molar refractivity (Wildman–Crippen MR) is 112 cm³/mol.